The maximum absolute atomic E-state index is 9.26. The van der Waals surface area contributed by atoms with E-state index in [1.54, 1.807) is 0 Å². The van der Waals surface area contributed by atoms with Crippen LogP contribution in [0.25, 0.3) is 10.8 Å². The van der Waals surface area contributed by atoms with Gasteiger partial charge in [-0.1, -0.05) is 45.4 Å². The van der Waals surface area contributed by atoms with Crippen molar-refractivity contribution in [3.05, 3.63) is 42.0 Å². The minimum Gasteiger partial charge on any atom is -0.490 e. The molecule has 0 aliphatic heterocycles. The molecule has 6 rings (SSSR count). The first-order valence-electron chi connectivity index (χ1n) is 13.4. The van der Waals surface area contributed by atoms with Gasteiger partial charge in [-0.25, -0.2) is 4.89 Å². The van der Waals surface area contributed by atoms with Crippen LogP contribution in [0.3, 0.4) is 0 Å². The van der Waals surface area contributed by atoms with E-state index >= 15 is 0 Å². The van der Waals surface area contributed by atoms with E-state index in [0.29, 0.717) is 6.10 Å². The smallest absolute Gasteiger partial charge is 0.120 e. The molecule has 0 atom stereocenters. The molecule has 0 aromatic heterocycles. The second-order valence-electron chi connectivity index (χ2n) is 10.4. The molecule has 0 saturated heterocycles. The van der Waals surface area contributed by atoms with Crippen LogP contribution in [0.2, 0.25) is 0 Å². The molecule has 182 valence electrons. The summed E-state index contributed by atoms with van der Waals surface area (Å²) in [5.41, 5.74) is 1.28. The Labute approximate surface area is 200 Å². The first kappa shape index (κ1) is 24.5. The van der Waals surface area contributed by atoms with Crippen molar-refractivity contribution in [2.75, 3.05) is 0 Å². The summed E-state index contributed by atoms with van der Waals surface area (Å²) in [5.74, 6) is 1.91. The Kier molecular flexibility index (Phi) is 7.99. The zero-order chi connectivity index (χ0) is 23.3. The minimum atomic E-state index is -0.262. The molecule has 4 heteroatoms. The molecule has 4 aliphatic carbocycles. The monoisotopic (exact) mass is 453 g/mol. The van der Waals surface area contributed by atoms with E-state index < -0.39 is 0 Å². The van der Waals surface area contributed by atoms with Gasteiger partial charge in [-0.05, 0) is 105 Å². The molecule has 0 heterocycles. The highest BCUT2D eigenvalue weighted by Gasteiger charge is 2.49. The first-order chi connectivity index (χ1) is 16.1. The third-order valence-electron chi connectivity index (χ3n) is 8.59. The quantitative estimate of drug-likeness (QED) is 0.334. The Bertz CT molecular complexity index is 878. The van der Waals surface area contributed by atoms with Crippen molar-refractivity contribution in [2.45, 2.75) is 115 Å². The van der Waals surface area contributed by atoms with Crippen LogP contribution in [0.1, 0.15) is 97.0 Å². The summed E-state index contributed by atoms with van der Waals surface area (Å²) in [7, 11) is 0. The molecule has 2 bridgehead atoms. The van der Waals surface area contributed by atoms with Gasteiger partial charge in [-0.15, -0.1) is 0 Å². The van der Waals surface area contributed by atoms with Crippen LogP contribution in [0.15, 0.2) is 36.4 Å². The number of hydrogen-bond acceptors (Lipinski definition) is 4. The first-order valence-corrected chi connectivity index (χ1v) is 13.4. The second-order valence-corrected chi connectivity index (χ2v) is 10.4. The predicted molar refractivity (Wildman–Crippen MR) is 136 cm³/mol. The number of fused-ring (bicyclic) bond motifs is 4. The number of benzene rings is 2. The van der Waals surface area contributed by atoms with Crippen molar-refractivity contribution in [3.63, 3.8) is 0 Å². The number of ether oxygens (including phenoxy) is 1. The molecule has 4 saturated carbocycles. The number of rotatable bonds is 7. The van der Waals surface area contributed by atoms with Crippen molar-refractivity contribution < 1.29 is 14.9 Å². The normalized spacial score (nSPS) is 31.2. The van der Waals surface area contributed by atoms with E-state index in [1.807, 2.05) is 13.8 Å². The molecule has 4 fully saturated rings. The van der Waals surface area contributed by atoms with Gasteiger partial charge in [-0.2, -0.15) is 0 Å². The summed E-state index contributed by atoms with van der Waals surface area (Å²) in [6.07, 6.45) is 12.8. The molecular formula is C29H43NO3. The van der Waals surface area contributed by atoms with E-state index in [4.69, 9.17) is 9.62 Å². The fourth-order valence-corrected chi connectivity index (χ4v) is 6.15. The van der Waals surface area contributed by atoms with Crippen LogP contribution < -0.4 is 10.1 Å². The molecule has 0 spiro atoms. The van der Waals surface area contributed by atoms with Crippen LogP contribution in [0.4, 0.5) is 0 Å². The van der Waals surface area contributed by atoms with Crippen LogP contribution >= 0.6 is 0 Å². The maximum atomic E-state index is 9.26. The molecule has 4 aliphatic rings. The maximum Gasteiger partial charge on any atom is 0.120 e. The lowest BCUT2D eigenvalue weighted by Gasteiger charge is -2.52. The largest absolute Gasteiger partial charge is 0.490 e. The van der Waals surface area contributed by atoms with E-state index in [1.165, 1.54) is 48.4 Å². The van der Waals surface area contributed by atoms with Crippen LogP contribution in [-0.4, -0.2) is 22.5 Å². The summed E-state index contributed by atoms with van der Waals surface area (Å²) in [6.45, 7) is 7.20. The predicted octanol–water partition coefficient (Wildman–Crippen LogP) is 7.64. The summed E-state index contributed by atoms with van der Waals surface area (Å²) in [5, 5.41) is 15.6. The van der Waals surface area contributed by atoms with Gasteiger partial charge in [0.2, 0.25) is 0 Å². The lowest BCUT2D eigenvalue weighted by Crippen LogP contribution is -2.57. The van der Waals surface area contributed by atoms with E-state index in [2.05, 4.69) is 48.6 Å². The molecule has 0 unspecified atom stereocenters. The lowest BCUT2D eigenvalue weighted by molar-refractivity contribution is -0.343. The number of hydrogen-bond donors (Lipinski definition) is 2. The molecule has 2 N–H and O–H groups in total. The molecule has 0 amide bonds. The molecule has 2 aromatic rings. The van der Waals surface area contributed by atoms with Gasteiger partial charge in [0.1, 0.15) is 11.4 Å². The summed E-state index contributed by atoms with van der Waals surface area (Å²) in [6, 6.07) is 13.3. The molecule has 4 nitrogen and oxygen atoms in total. The van der Waals surface area contributed by atoms with E-state index in [-0.39, 0.29) is 11.1 Å². The van der Waals surface area contributed by atoms with Crippen LogP contribution in [0, 0.1) is 5.92 Å². The van der Waals surface area contributed by atoms with Crippen molar-refractivity contribution in [1.82, 2.24) is 5.32 Å². The van der Waals surface area contributed by atoms with Crippen molar-refractivity contribution in [3.8, 4) is 5.75 Å². The van der Waals surface area contributed by atoms with Gasteiger partial charge in [0.05, 0.1) is 6.10 Å². The van der Waals surface area contributed by atoms with Crippen molar-refractivity contribution >= 4 is 10.8 Å². The van der Waals surface area contributed by atoms with Gasteiger partial charge in [-0.3, -0.25) is 5.26 Å². The lowest BCUT2D eigenvalue weighted by atomic mass is 9.63. The highest BCUT2D eigenvalue weighted by atomic mass is 17.1. The van der Waals surface area contributed by atoms with Gasteiger partial charge in [0.25, 0.3) is 0 Å². The van der Waals surface area contributed by atoms with Crippen molar-refractivity contribution in [1.29, 1.82) is 0 Å². The second kappa shape index (κ2) is 10.8. The Balaban J connectivity index is 0.00000126. The zero-order valence-electron chi connectivity index (χ0n) is 20.9. The van der Waals surface area contributed by atoms with Gasteiger partial charge >= 0.3 is 0 Å². The third-order valence-corrected chi connectivity index (χ3v) is 8.59. The standard InChI is InChI=1S/C27H37NO3.C2H6/c1-2-20-4-8-24(9-5-20)30-25-10-7-22-17-21(3-6-23(22)18-25)19-28-26-11-14-27(31-29,15-12-26)16-13-26;1-2/h3,6-7,10,17-18,20,24,28-29H,2,4-5,8-9,11-16,19H2,1H3;1-2H3. The molecule has 33 heavy (non-hydrogen) atoms. The van der Waals surface area contributed by atoms with Crippen LogP contribution in [-0.2, 0) is 11.4 Å². The summed E-state index contributed by atoms with van der Waals surface area (Å²) >= 11 is 0. The van der Waals surface area contributed by atoms with E-state index in [0.717, 1.165) is 56.7 Å². The average molecular weight is 454 g/mol. The fraction of sp³-hybridized carbons (Fsp3) is 0.655. The fourth-order valence-electron chi connectivity index (χ4n) is 6.15. The van der Waals surface area contributed by atoms with Gasteiger partial charge < -0.3 is 10.1 Å². The Hall–Kier alpha value is -1.62. The Morgan fingerprint density at radius 1 is 0.879 bits per heavy atom. The molecular weight excluding hydrogens is 410 g/mol. The van der Waals surface area contributed by atoms with E-state index in [9.17, 15) is 5.26 Å². The minimum absolute atomic E-state index is 0.212. The zero-order valence-corrected chi connectivity index (χ0v) is 20.9. The van der Waals surface area contributed by atoms with Gasteiger partial charge in [0.15, 0.2) is 0 Å². The SMILES string of the molecule is CC.CCC1CCC(Oc2ccc3cc(CNC45CCC(OO)(CC4)CC5)ccc3c2)CC1. The highest BCUT2D eigenvalue weighted by Crippen LogP contribution is 2.48. The highest BCUT2D eigenvalue weighted by molar-refractivity contribution is 5.84. The summed E-state index contributed by atoms with van der Waals surface area (Å²) < 4.78 is 6.32. The molecule has 2 aromatic carbocycles. The van der Waals surface area contributed by atoms with Crippen LogP contribution in [0.5, 0.6) is 5.75 Å². The van der Waals surface area contributed by atoms with Gasteiger partial charge in [0, 0.05) is 12.1 Å². The topological polar surface area (TPSA) is 50.7 Å². The van der Waals surface area contributed by atoms with Crippen molar-refractivity contribution in [2.24, 2.45) is 5.92 Å². The summed E-state index contributed by atoms with van der Waals surface area (Å²) in [4.78, 5) is 4.85. The molecule has 0 radical (unpaired) electrons. The number of nitrogens with one attached hydrogen (secondary N) is 1. The Morgan fingerprint density at radius 2 is 1.52 bits per heavy atom. The average Bonchev–Trinajstić information content (AvgIpc) is 2.90. The third kappa shape index (κ3) is 5.55. The Morgan fingerprint density at radius 3 is 2.15 bits per heavy atom.